The largest absolute Gasteiger partial charge is 0.489 e. The maximum absolute atomic E-state index is 11.8. The quantitative estimate of drug-likeness (QED) is 0.777. The summed E-state index contributed by atoms with van der Waals surface area (Å²) in [6.07, 6.45) is 1.83. The van der Waals surface area contributed by atoms with E-state index in [1.807, 2.05) is 31.2 Å². The van der Waals surface area contributed by atoms with Gasteiger partial charge in [0.2, 0.25) is 0 Å². The normalized spacial score (nSPS) is 19.7. The molecule has 1 fully saturated rings. The fourth-order valence-electron chi connectivity index (χ4n) is 3.47. The van der Waals surface area contributed by atoms with E-state index in [0.29, 0.717) is 13.2 Å². The average Bonchev–Trinajstić information content (AvgIpc) is 2.68. The van der Waals surface area contributed by atoms with E-state index in [4.69, 9.17) is 9.47 Å². The molecule has 4 nitrogen and oxygen atoms in total. The summed E-state index contributed by atoms with van der Waals surface area (Å²) in [4.78, 5) is 13.4. The van der Waals surface area contributed by atoms with E-state index in [1.165, 1.54) is 16.0 Å². The number of piperidine rings is 1. The molecule has 0 spiro atoms. The molecule has 0 radical (unpaired) electrons. The summed E-state index contributed by atoms with van der Waals surface area (Å²) in [5.41, 5.74) is 2.45. The third kappa shape index (κ3) is 5.33. The van der Waals surface area contributed by atoms with Gasteiger partial charge in [-0.25, -0.2) is 0 Å². The van der Waals surface area contributed by atoms with Crippen LogP contribution in [-0.4, -0.2) is 25.7 Å². The Hall–Kier alpha value is -2.33. The molecule has 1 aliphatic rings. The topological polar surface area (TPSA) is 40.0 Å². The lowest BCUT2D eigenvalue weighted by Gasteiger charge is -2.28. The Kier molecular flexibility index (Phi) is 6.67. The van der Waals surface area contributed by atoms with Crippen molar-refractivity contribution < 1.29 is 19.2 Å². The van der Waals surface area contributed by atoms with Crippen LogP contribution in [0, 0.1) is 5.92 Å². The maximum atomic E-state index is 11.8. The van der Waals surface area contributed by atoms with Gasteiger partial charge in [-0.3, -0.25) is 4.79 Å². The number of carbonyl (C=O) groups is 1. The molecule has 26 heavy (non-hydrogen) atoms. The van der Waals surface area contributed by atoms with Crippen LogP contribution in [0.4, 0.5) is 0 Å². The van der Waals surface area contributed by atoms with E-state index in [0.717, 1.165) is 38.2 Å². The van der Waals surface area contributed by atoms with Crippen LogP contribution in [0.15, 0.2) is 54.6 Å². The predicted octanol–water partition coefficient (Wildman–Crippen LogP) is 2.62. The predicted molar refractivity (Wildman–Crippen MR) is 101 cm³/mol. The second-order valence-electron chi connectivity index (χ2n) is 6.87. The molecule has 1 saturated heterocycles. The van der Waals surface area contributed by atoms with Gasteiger partial charge >= 0.3 is 5.97 Å². The van der Waals surface area contributed by atoms with Gasteiger partial charge in [0.1, 0.15) is 18.9 Å². The monoisotopic (exact) mass is 354 g/mol. The maximum Gasteiger partial charge on any atom is 0.309 e. The van der Waals surface area contributed by atoms with Gasteiger partial charge in [0.25, 0.3) is 0 Å². The van der Waals surface area contributed by atoms with Crippen molar-refractivity contribution >= 4 is 5.97 Å². The van der Waals surface area contributed by atoms with E-state index >= 15 is 0 Å². The van der Waals surface area contributed by atoms with Crippen molar-refractivity contribution in [2.75, 3.05) is 19.7 Å². The molecule has 0 amide bonds. The van der Waals surface area contributed by atoms with Crippen LogP contribution in [0.2, 0.25) is 0 Å². The van der Waals surface area contributed by atoms with E-state index < -0.39 is 0 Å². The molecule has 1 N–H and O–H groups in total. The van der Waals surface area contributed by atoms with Gasteiger partial charge in [-0.15, -0.1) is 0 Å². The Morgan fingerprint density at radius 1 is 1.04 bits per heavy atom. The first-order chi connectivity index (χ1) is 12.7. The zero-order chi connectivity index (χ0) is 18.2. The summed E-state index contributed by atoms with van der Waals surface area (Å²) in [7, 11) is 0. The van der Waals surface area contributed by atoms with Gasteiger partial charge in [0.05, 0.1) is 25.6 Å². The van der Waals surface area contributed by atoms with E-state index in [-0.39, 0.29) is 11.9 Å². The fourth-order valence-corrected chi connectivity index (χ4v) is 3.47. The smallest absolute Gasteiger partial charge is 0.309 e. The molecule has 0 saturated carbocycles. The molecule has 2 aromatic rings. The van der Waals surface area contributed by atoms with Gasteiger partial charge in [-0.2, -0.15) is 0 Å². The molecule has 1 heterocycles. The Balaban J connectivity index is 1.49. The molecule has 0 atom stereocenters. The van der Waals surface area contributed by atoms with Gasteiger partial charge in [0, 0.05) is 18.4 Å². The van der Waals surface area contributed by atoms with Crippen LogP contribution in [-0.2, 0) is 22.7 Å². The number of ether oxygens (including phenoxy) is 2. The molecule has 0 aromatic heterocycles. The van der Waals surface area contributed by atoms with E-state index in [1.54, 1.807) is 0 Å². The minimum absolute atomic E-state index is 0.0251. The molecule has 4 heteroatoms. The van der Waals surface area contributed by atoms with Crippen LogP contribution in [0.3, 0.4) is 0 Å². The average molecular weight is 354 g/mol. The highest BCUT2D eigenvalue weighted by Gasteiger charge is 2.28. The van der Waals surface area contributed by atoms with Gasteiger partial charge < -0.3 is 14.4 Å². The minimum Gasteiger partial charge on any atom is -0.489 e. The fraction of sp³-hybridized carbons (Fsp3) is 0.409. The van der Waals surface area contributed by atoms with Crippen molar-refractivity contribution in [3.63, 3.8) is 0 Å². The molecular formula is C22H28NO3+. The number of hydrogen-bond acceptors (Lipinski definition) is 3. The summed E-state index contributed by atoms with van der Waals surface area (Å²) >= 11 is 0. The minimum atomic E-state index is -0.0251. The second kappa shape index (κ2) is 9.39. The van der Waals surface area contributed by atoms with Crippen molar-refractivity contribution in [1.82, 2.24) is 0 Å². The summed E-state index contributed by atoms with van der Waals surface area (Å²) in [5, 5.41) is 0. The number of hydrogen-bond donors (Lipinski definition) is 1. The number of benzene rings is 2. The Bertz CT molecular complexity index is 694. The summed E-state index contributed by atoms with van der Waals surface area (Å²) in [6.45, 7) is 5.92. The number of carbonyl (C=O) groups excluding carboxylic acids is 1. The van der Waals surface area contributed by atoms with Crippen molar-refractivity contribution in [2.24, 2.45) is 5.92 Å². The zero-order valence-corrected chi connectivity index (χ0v) is 15.4. The second-order valence-corrected chi connectivity index (χ2v) is 6.87. The summed E-state index contributed by atoms with van der Waals surface area (Å²) < 4.78 is 11.1. The number of likely N-dealkylation sites (tertiary alicyclic amines) is 1. The lowest BCUT2D eigenvalue weighted by molar-refractivity contribution is -0.919. The molecular weight excluding hydrogens is 326 g/mol. The number of nitrogens with one attached hydrogen (secondary N) is 1. The first-order valence-electron chi connectivity index (χ1n) is 9.50. The molecule has 1 aliphatic heterocycles. The van der Waals surface area contributed by atoms with E-state index in [2.05, 4.69) is 30.3 Å². The van der Waals surface area contributed by atoms with Crippen LogP contribution in [0.1, 0.15) is 30.9 Å². The molecule has 0 bridgehead atoms. The van der Waals surface area contributed by atoms with Crippen LogP contribution < -0.4 is 9.64 Å². The Morgan fingerprint density at radius 3 is 2.50 bits per heavy atom. The third-order valence-electron chi connectivity index (χ3n) is 4.91. The summed E-state index contributed by atoms with van der Waals surface area (Å²) in [5.74, 6) is 0.967. The van der Waals surface area contributed by atoms with Crippen molar-refractivity contribution in [3.8, 4) is 5.75 Å². The number of quaternary nitrogens is 1. The van der Waals surface area contributed by atoms with Crippen LogP contribution in [0.25, 0.3) is 0 Å². The molecule has 138 valence electrons. The van der Waals surface area contributed by atoms with Crippen molar-refractivity contribution in [2.45, 2.75) is 32.9 Å². The standard InChI is InChI=1S/C22H27NO3/c1-2-25-22(24)20-11-13-23(14-12-20)16-19-9-6-10-21(15-19)26-17-18-7-4-3-5-8-18/h3-10,15,20H,2,11-14,16-17H2,1H3/p+1. The SMILES string of the molecule is CCOC(=O)C1CC[NH+](Cc2cccc(OCc3ccccc3)c2)CC1. The molecule has 3 rings (SSSR count). The molecule has 0 aliphatic carbocycles. The highest BCUT2D eigenvalue weighted by Crippen LogP contribution is 2.16. The zero-order valence-electron chi connectivity index (χ0n) is 15.4. The number of rotatable bonds is 7. The van der Waals surface area contributed by atoms with Crippen molar-refractivity contribution in [1.29, 1.82) is 0 Å². The number of esters is 1. The lowest BCUT2D eigenvalue weighted by Crippen LogP contribution is -3.11. The van der Waals surface area contributed by atoms with Gasteiger partial charge in [0.15, 0.2) is 0 Å². The third-order valence-corrected chi connectivity index (χ3v) is 4.91. The van der Waals surface area contributed by atoms with Gasteiger partial charge in [-0.05, 0) is 24.6 Å². The van der Waals surface area contributed by atoms with Crippen LogP contribution in [0.5, 0.6) is 5.75 Å². The van der Waals surface area contributed by atoms with Gasteiger partial charge in [-0.1, -0.05) is 42.5 Å². The highest BCUT2D eigenvalue weighted by atomic mass is 16.5. The lowest BCUT2D eigenvalue weighted by atomic mass is 9.96. The Labute approximate surface area is 155 Å². The Morgan fingerprint density at radius 2 is 1.77 bits per heavy atom. The highest BCUT2D eigenvalue weighted by molar-refractivity contribution is 5.72. The van der Waals surface area contributed by atoms with E-state index in [9.17, 15) is 4.79 Å². The first-order valence-corrected chi connectivity index (χ1v) is 9.50. The van der Waals surface area contributed by atoms with Crippen molar-refractivity contribution in [3.05, 3.63) is 65.7 Å². The van der Waals surface area contributed by atoms with Crippen LogP contribution >= 0.6 is 0 Å². The molecule has 2 aromatic carbocycles. The molecule has 0 unspecified atom stereocenters. The first kappa shape index (κ1) is 18.5. The summed E-state index contributed by atoms with van der Waals surface area (Å²) in [6, 6.07) is 18.6.